The van der Waals surface area contributed by atoms with Crippen molar-refractivity contribution < 1.29 is 4.74 Å². The van der Waals surface area contributed by atoms with Crippen molar-refractivity contribution in [2.45, 2.75) is 19.1 Å². The van der Waals surface area contributed by atoms with Gasteiger partial charge in [0.25, 0.3) is 5.56 Å². The summed E-state index contributed by atoms with van der Waals surface area (Å²) in [6.07, 6.45) is 0.948. The molecule has 0 bridgehead atoms. The Morgan fingerprint density at radius 2 is 2.00 bits per heavy atom. The predicted octanol–water partition coefficient (Wildman–Crippen LogP) is 3.26. The maximum absolute atomic E-state index is 11.8. The fourth-order valence-electron chi connectivity index (χ4n) is 1.81. The minimum Gasteiger partial charge on any atom is -0.493 e. The van der Waals surface area contributed by atoms with E-state index in [-0.39, 0.29) is 5.56 Å². The number of benzene rings is 1. The summed E-state index contributed by atoms with van der Waals surface area (Å²) in [7, 11) is 0. The van der Waals surface area contributed by atoms with E-state index in [4.69, 9.17) is 4.74 Å². The van der Waals surface area contributed by atoms with Crippen LogP contribution >= 0.6 is 12.6 Å². The lowest BCUT2D eigenvalue weighted by Crippen LogP contribution is -2.11. The molecule has 0 saturated heterocycles. The lowest BCUT2D eigenvalue weighted by atomic mass is 10.1. The number of aromatic nitrogens is 1. The van der Waals surface area contributed by atoms with Gasteiger partial charge < -0.3 is 9.72 Å². The second-order valence-corrected chi connectivity index (χ2v) is 4.55. The number of rotatable bonds is 5. The highest BCUT2D eigenvalue weighted by Gasteiger charge is 2.07. The van der Waals surface area contributed by atoms with E-state index in [0.717, 1.165) is 23.4 Å². The summed E-state index contributed by atoms with van der Waals surface area (Å²) >= 11 is 4.12. The molecular weight excluding hydrogens is 258 g/mol. The SMILES string of the molecule is CCCOc1ccccc1-c1ccc(CS)c(=O)[nH]1. The highest BCUT2D eigenvalue weighted by molar-refractivity contribution is 7.79. The van der Waals surface area contributed by atoms with E-state index in [2.05, 4.69) is 24.5 Å². The van der Waals surface area contributed by atoms with E-state index >= 15 is 0 Å². The maximum Gasteiger partial charge on any atom is 0.252 e. The Morgan fingerprint density at radius 3 is 2.68 bits per heavy atom. The molecule has 19 heavy (non-hydrogen) atoms. The number of pyridine rings is 1. The number of hydrogen-bond donors (Lipinski definition) is 2. The Hall–Kier alpha value is -1.68. The van der Waals surface area contributed by atoms with E-state index in [0.29, 0.717) is 17.9 Å². The first-order valence-corrected chi connectivity index (χ1v) is 6.94. The van der Waals surface area contributed by atoms with Gasteiger partial charge in [0.05, 0.1) is 12.3 Å². The van der Waals surface area contributed by atoms with Gasteiger partial charge in [-0.3, -0.25) is 4.79 Å². The van der Waals surface area contributed by atoms with Crippen LogP contribution in [0.25, 0.3) is 11.3 Å². The summed E-state index contributed by atoms with van der Waals surface area (Å²) in [5.74, 6) is 1.22. The maximum atomic E-state index is 11.8. The Bertz CT molecular complexity index is 607. The third-order valence-corrected chi connectivity index (χ3v) is 3.14. The number of thiol groups is 1. The molecule has 3 nitrogen and oxygen atoms in total. The topological polar surface area (TPSA) is 42.1 Å². The van der Waals surface area contributed by atoms with E-state index in [9.17, 15) is 4.79 Å². The van der Waals surface area contributed by atoms with Crippen LogP contribution in [0, 0.1) is 0 Å². The molecule has 0 aliphatic carbocycles. The minimum atomic E-state index is -0.0993. The first-order chi connectivity index (χ1) is 9.26. The Kier molecular flexibility index (Phi) is 4.68. The van der Waals surface area contributed by atoms with Crippen LogP contribution < -0.4 is 10.3 Å². The average Bonchev–Trinajstić information content (AvgIpc) is 2.45. The molecule has 0 aliphatic heterocycles. The van der Waals surface area contributed by atoms with Gasteiger partial charge in [-0.05, 0) is 24.6 Å². The molecule has 0 aliphatic rings. The molecule has 0 amide bonds. The molecule has 0 saturated carbocycles. The zero-order valence-corrected chi connectivity index (χ0v) is 11.7. The molecule has 1 heterocycles. The first-order valence-electron chi connectivity index (χ1n) is 6.31. The van der Waals surface area contributed by atoms with E-state index in [1.165, 1.54) is 0 Å². The molecule has 0 atom stereocenters. The highest BCUT2D eigenvalue weighted by atomic mass is 32.1. The summed E-state index contributed by atoms with van der Waals surface area (Å²) in [6.45, 7) is 2.72. The molecule has 1 N–H and O–H groups in total. The summed E-state index contributed by atoms with van der Waals surface area (Å²) in [6, 6.07) is 11.4. The molecule has 2 aromatic rings. The number of aromatic amines is 1. The zero-order valence-electron chi connectivity index (χ0n) is 10.8. The fourth-order valence-corrected chi connectivity index (χ4v) is 2.06. The molecule has 1 aromatic heterocycles. The van der Waals surface area contributed by atoms with Gasteiger partial charge in [-0.2, -0.15) is 12.6 Å². The number of nitrogens with one attached hydrogen (secondary N) is 1. The van der Waals surface area contributed by atoms with Crippen molar-refractivity contribution >= 4 is 12.6 Å². The minimum absolute atomic E-state index is 0.0993. The number of ether oxygens (including phenoxy) is 1. The largest absolute Gasteiger partial charge is 0.493 e. The van der Waals surface area contributed by atoms with Gasteiger partial charge in [-0.25, -0.2) is 0 Å². The molecular formula is C15H17NO2S. The zero-order chi connectivity index (χ0) is 13.7. The second kappa shape index (κ2) is 6.48. The molecule has 100 valence electrons. The van der Waals surface area contributed by atoms with Gasteiger partial charge in [0.15, 0.2) is 0 Å². The van der Waals surface area contributed by atoms with Crippen molar-refractivity contribution in [2.75, 3.05) is 6.61 Å². The summed E-state index contributed by atoms with van der Waals surface area (Å²) in [5.41, 5.74) is 2.23. The molecule has 0 spiro atoms. The van der Waals surface area contributed by atoms with Crippen LogP contribution in [0.3, 0.4) is 0 Å². The third kappa shape index (κ3) is 3.20. The van der Waals surface area contributed by atoms with Crippen LogP contribution in [-0.4, -0.2) is 11.6 Å². The van der Waals surface area contributed by atoms with Crippen LogP contribution in [0.2, 0.25) is 0 Å². The van der Waals surface area contributed by atoms with Crippen molar-refractivity contribution in [1.82, 2.24) is 4.98 Å². The van der Waals surface area contributed by atoms with Crippen molar-refractivity contribution in [2.24, 2.45) is 0 Å². The van der Waals surface area contributed by atoms with Crippen LogP contribution in [0.4, 0.5) is 0 Å². The van der Waals surface area contributed by atoms with Gasteiger partial charge in [-0.1, -0.05) is 25.1 Å². The lowest BCUT2D eigenvalue weighted by molar-refractivity contribution is 0.318. The van der Waals surface area contributed by atoms with E-state index in [1.807, 2.05) is 30.3 Å². The lowest BCUT2D eigenvalue weighted by Gasteiger charge is -2.11. The molecule has 0 unspecified atom stereocenters. The average molecular weight is 275 g/mol. The number of hydrogen-bond acceptors (Lipinski definition) is 3. The summed E-state index contributed by atoms with van der Waals surface area (Å²) in [4.78, 5) is 14.7. The molecule has 0 radical (unpaired) electrons. The van der Waals surface area contributed by atoms with Gasteiger partial charge in [-0.15, -0.1) is 0 Å². The van der Waals surface area contributed by atoms with Gasteiger partial charge >= 0.3 is 0 Å². The Balaban J connectivity index is 2.41. The van der Waals surface area contributed by atoms with Crippen molar-refractivity contribution in [3.8, 4) is 17.0 Å². The van der Waals surface area contributed by atoms with Gasteiger partial charge in [0, 0.05) is 16.9 Å². The highest BCUT2D eigenvalue weighted by Crippen LogP contribution is 2.27. The quantitative estimate of drug-likeness (QED) is 0.822. The second-order valence-electron chi connectivity index (χ2n) is 4.23. The van der Waals surface area contributed by atoms with E-state index < -0.39 is 0 Å². The standard InChI is InChI=1S/C15H17NO2S/c1-2-9-18-14-6-4-3-5-12(14)13-8-7-11(10-19)15(17)16-13/h3-8,19H,2,9-10H2,1H3,(H,16,17). The molecule has 0 fully saturated rings. The molecule has 2 rings (SSSR count). The van der Waals surface area contributed by atoms with E-state index in [1.54, 1.807) is 6.07 Å². The first kappa shape index (κ1) is 13.7. The number of H-pyrrole nitrogens is 1. The normalized spacial score (nSPS) is 10.4. The monoisotopic (exact) mass is 275 g/mol. The van der Waals surface area contributed by atoms with Crippen LogP contribution in [-0.2, 0) is 5.75 Å². The molecule has 4 heteroatoms. The van der Waals surface area contributed by atoms with Gasteiger partial charge in [0.1, 0.15) is 5.75 Å². The van der Waals surface area contributed by atoms with Crippen LogP contribution in [0.1, 0.15) is 18.9 Å². The predicted molar refractivity (Wildman–Crippen MR) is 81.0 cm³/mol. The summed E-state index contributed by atoms with van der Waals surface area (Å²) < 4.78 is 5.70. The number of para-hydroxylation sites is 1. The smallest absolute Gasteiger partial charge is 0.252 e. The van der Waals surface area contributed by atoms with Crippen molar-refractivity contribution in [3.63, 3.8) is 0 Å². The van der Waals surface area contributed by atoms with Crippen molar-refractivity contribution in [1.29, 1.82) is 0 Å². The summed E-state index contributed by atoms with van der Waals surface area (Å²) in [5, 5.41) is 0. The van der Waals surface area contributed by atoms with Crippen LogP contribution in [0.15, 0.2) is 41.2 Å². The van der Waals surface area contributed by atoms with Crippen LogP contribution in [0.5, 0.6) is 5.75 Å². The van der Waals surface area contributed by atoms with Gasteiger partial charge in [0.2, 0.25) is 0 Å². The third-order valence-electron chi connectivity index (χ3n) is 2.80. The fraction of sp³-hybridized carbons (Fsp3) is 0.267. The Labute approximate surface area is 118 Å². The molecule has 1 aromatic carbocycles. The van der Waals surface area contributed by atoms with Crippen molar-refractivity contribution in [3.05, 3.63) is 52.3 Å². The Morgan fingerprint density at radius 1 is 1.21 bits per heavy atom.